The van der Waals surface area contributed by atoms with Gasteiger partial charge in [0, 0.05) is 38.8 Å². The van der Waals surface area contributed by atoms with Crippen molar-refractivity contribution in [1.82, 2.24) is 14.8 Å². The second-order valence-corrected chi connectivity index (χ2v) is 7.70. The van der Waals surface area contributed by atoms with E-state index in [1.807, 2.05) is 29.2 Å². The Labute approximate surface area is 182 Å². The SMILES string of the molecule is COc1ccc(CCC(=O)N2CCCN(CC(=O)Nc3ccc(Cl)cn3)CC2)cc1. The quantitative estimate of drug-likeness (QED) is 0.731. The monoisotopic (exact) mass is 430 g/mol. The van der Waals surface area contributed by atoms with Gasteiger partial charge >= 0.3 is 0 Å². The minimum absolute atomic E-state index is 0.121. The van der Waals surface area contributed by atoms with E-state index in [0.717, 1.165) is 30.8 Å². The molecule has 8 heteroatoms. The lowest BCUT2D eigenvalue weighted by Gasteiger charge is -2.21. The van der Waals surface area contributed by atoms with Gasteiger partial charge in [0.15, 0.2) is 0 Å². The highest BCUT2D eigenvalue weighted by molar-refractivity contribution is 6.30. The zero-order chi connectivity index (χ0) is 21.3. The van der Waals surface area contributed by atoms with Gasteiger partial charge in [0.05, 0.1) is 18.7 Å². The van der Waals surface area contributed by atoms with E-state index in [9.17, 15) is 9.59 Å². The molecule has 2 amide bonds. The summed E-state index contributed by atoms with van der Waals surface area (Å²) >= 11 is 5.81. The fourth-order valence-electron chi connectivity index (χ4n) is 3.42. The lowest BCUT2D eigenvalue weighted by Crippen LogP contribution is -2.38. The van der Waals surface area contributed by atoms with E-state index in [1.165, 1.54) is 6.20 Å². The molecule has 1 aliphatic heterocycles. The number of pyridine rings is 1. The molecule has 1 aromatic carbocycles. The zero-order valence-corrected chi connectivity index (χ0v) is 17.9. The van der Waals surface area contributed by atoms with Crippen LogP contribution in [0.4, 0.5) is 5.82 Å². The Morgan fingerprint density at radius 2 is 1.90 bits per heavy atom. The summed E-state index contributed by atoms with van der Waals surface area (Å²) in [5.74, 6) is 1.33. The minimum atomic E-state index is -0.121. The van der Waals surface area contributed by atoms with Gasteiger partial charge in [-0.2, -0.15) is 0 Å². The third-order valence-corrected chi connectivity index (χ3v) is 5.31. The second kappa shape index (κ2) is 10.9. The number of hydrogen-bond acceptors (Lipinski definition) is 5. The fraction of sp³-hybridized carbons (Fsp3) is 0.409. The smallest absolute Gasteiger partial charge is 0.239 e. The number of benzene rings is 1. The highest BCUT2D eigenvalue weighted by atomic mass is 35.5. The standard InChI is InChI=1S/C22H27ClN4O3/c1-30-19-7-3-17(4-8-19)5-10-22(29)27-12-2-11-26(13-14-27)16-21(28)25-20-9-6-18(23)15-24-20/h3-4,6-9,15H,2,5,10-14,16H2,1H3,(H,24,25,28). The first kappa shape index (κ1) is 22.1. The molecule has 0 radical (unpaired) electrons. The summed E-state index contributed by atoms with van der Waals surface area (Å²) < 4.78 is 5.16. The van der Waals surface area contributed by atoms with Gasteiger partial charge in [-0.25, -0.2) is 4.98 Å². The number of methoxy groups -OCH3 is 1. The van der Waals surface area contributed by atoms with Crippen LogP contribution in [0.15, 0.2) is 42.6 Å². The van der Waals surface area contributed by atoms with E-state index in [2.05, 4.69) is 15.2 Å². The van der Waals surface area contributed by atoms with Gasteiger partial charge in [0.25, 0.3) is 0 Å². The van der Waals surface area contributed by atoms with Crippen LogP contribution in [0, 0.1) is 0 Å². The van der Waals surface area contributed by atoms with Crippen LogP contribution >= 0.6 is 11.6 Å². The van der Waals surface area contributed by atoms with E-state index < -0.39 is 0 Å². The Hall–Kier alpha value is -2.64. The second-order valence-electron chi connectivity index (χ2n) is 7.27. The third kappa shape index (κ3) is 6.71. The Kier molecular flexibility index (Phi) is 8.04. The number of anilines is 1. The first-order chi connectivity index (χ1) is 14.5. The predicted octanol–water partition coefficient (Wildman–Crippen LogP) is 2.85. The van der Waals surface area contributed by atoms with Gasteiger partial charge in [-0.1, -0.05) is 23.7 Å². The highest BCUT2D eigenvalue weighted by Crippen LogP contribution is 2.14. The van der Waals surface area contributed by atoms with Crippen LogP contribution in [0.5, 0.6) is 5.75 Å². The van der Waals surface area contributed by atoms with Crippen molar-refractivity contribution in [3.63, 3.8) is 0 Å². The predicted molar refractivity (Wildman–Crippen MR) is 117 cm³/mol. The van der Waals surface area contributed by atoms with Crippen LogP contribution in [0.2, 0.25) is 5.02 Å². The summed E-state index contributed by atoms with van der Waals surface area (Å²) in [5, 5.41) is 3.30. The molecule has 0 atom stereocenters. The van der Waals surface area contributed by atoms with Crippen LogP contribution in [-0.4, -0.2) is 66.4 Å². The summed E-state index contributed by atoms with van der Waals surface area (Å²) in [5.41, 5.74) is 1.12. The van der Waals surface area contributed by atoms with Crippen molar-refractivity contribution < 1.29 is 14.3 Å². The molecule has 0 spiro atoms. The van der Waals surface area contributed by atoms with Gasteiger partial charge in [0.2, 0.25) is 11.8 Å². The maximum atomic E-state index is 12.6. The number of rotatable bonds is 7. The van der Waals surface area contributed by atoms with E-state index >= 15 is 0 Å². The summed E-state index contributed by atoms with van der Waals surface area (Å²) in [4.78, 5) is 33.0. The average Bonchev–Trinajstić information content (AvgIpc) is 2.99. The van der Waals surface area contributed by atoms with E-state index in [4.69, 9.17) is 16.3 Å². The largest absolute Gasteiger partial charge is 0.497 e. The van der Waals surface area contributed by atoms with Crippen molar-refractivity contribution >= 4 is 29.2 Å². The Balaban J connectivity index is 1.42. The van der Waals surface area contributed by atoms with Crippen LogP contribution in [0.3, 0.4) is 0 Å². The number of amides is 2. The Bertz CT molecular complexity index is 842. The van der Waals surface area contributed by atoms with Crippen molar-refractivity contribution in [1.29, 1.82) is 0 Å². The van der Waals surface area contributed by atoms with Gasteiger partial charge < -0.3 is 15.0 Å². The van der Waals surface area contributed by atoms with Gasteiger partial charge in [-0.15, -0.1) is 0 Å². The molecule has 160 valence electrons. The molecule has 0 bridgehead atoms. The average molecular weight is 431 g/mol. The third-order valence-electron chi connectivity index (χ3n) is 5.09. The van der Waals surface area contributed by atoms with E-state index in [0.29, 0.717) is 36.8 Å². The minimum Gasteiger partial charge on any atom is -0.497 e. The number of aromatic nitrogens is 1. The fourth-order valence-corrected chi connectivity index (χ4v) is 3.53. The van der Waals surface area contributed by atoms with Crippen molar-refractivity contribution in [3.05, 3.63) is 53.2 Å². The number of nitrogens with zero attached hydrogens (tertiary/aromatic N) is 3. The molecule has 1 aliphatic rings. The van der Waals surface area contributed by atoms with Crippen molar-refractivity contribution in [2.24, 2.45) is 0 Å². The summed E-state index contributed by atoms with van der Waals surface area (Å²) in [6.07, 6.45) is 3.54. The molecular formula is C22H27ClN4O3. The first-order valence-corrected chi connectivity index (χ1v) is 10.5. The number of carbonyl (C=O) groups excluding carboxylic acids is 2. The molecule has 7 nitrogen and oxygen atoms in total. The molecule has 0 aliphatic carbocycles. The molecule has 1 saturated heterocycles. The van der Waals surface area contributed by atoms with Gasteiger partial charge in [-0.05, 0) is 42.7 Å². The number of ether oxygens (including phenoxy) is 1. The number of aryl methyl sites for hydroxylation is 1. The Morgan fingerprint density at radius 3 is 2.60 bits per heavy atom. The molecule has 3 rings (SSSR count). The lowest BCUT2D eigenvalue weighted by atomic mass is 10.1. The number of halogens is 1. The zero-order valence-electron chi connectivity index (χ0n) is 17.1. The van der Waals surface area contributed by atoms with Crippen molar-refractivity contribution in [2.45, 2.75) is 19.3 Å². The lowest BCUT2D eigenvalue weighted by molar-refractivity contribution is -0.131. The maximum absolute atomic E-state index is 12.6. The van der Waals surface area contributed by atoms with Crippen LogP contribution in [-0.2, 0) is 16.0 Å². The Morgan fingerprint density at radius 1 is 1.10 bits per heavy atom. The normalized spacial score (nSPS) is 14.8. The van der Waals surface area contributed by atoms with Crippen molar-refractivity contribution in [3.8, 4) is 5.75 Å². The van der Waals surface area contributed by atoms with Gasteiger partial charge in [-0.3, -0.25) is 14.5 Å². The summed E-state index contributed by atoms with van der Waals surface area (Å²) in [6, 6.07) is 11.2. The number of carbonyl (C=O) groups is 2. The first-order valence-electron chi connectivity index (χ1n) is 10.1. The molecule has 30 heavy (non-hydrogen) atoms. The van der Waals surface area contributed by atoms with E-state index in [-0.39, 0.29) is 18.4 Å². The molecule has 2 aromatic rings. The molecule has 1 fully saturated rings. The van der Waals surface area contributed by atoms with Crippen molar-refractivity contribution in [2.75, 3.05) is 45.2 Å². The van der Waals surface area contributed by atoms with Gasteiger partial charge in [0.1, 0.15) is 11.6 Å². The molecular weight excluding hydrogens is 404 g/mol. The number of hydrogen-bond donors (Lipinski definition) is 1. The summed E-state index contributed by atoms with van der Waals surface area (Å²) in [7, 11) is 1.64. The highest BCUT2D eigenvalue weighted by Gasteiger charge is 2.20. The number of nitrogens with one attached hydrogen (secondary N) is 1. The maximum Gasteiger partial charge on any atom is 0.239 e. The van der Waals surface area contributed by atoms with Crippen LogP contribution in [0.1, 0.15) is 18.4 Å². The summed E-state index contributed by atoms with van der Waals surface area (Å²) in [6.45, 7) is 3.09. The van der Waals surface area contributed by atoms with Crippen LogP contribution < -0.4 is 10.1 Å². The van der Waals surface area contributed by atoms with Crippen LogP contribution in [0.25, 0.3) is 0 Å². The molecule has 1 aromatic heterocycles. The van der Waals surface area contributed by atoms with E-state index in [1.54, 1.807) is 19.2 Å². The topological polar surface area (TPSA) is 74.8 Å². The molecule has 1 N–H and O–H groups in total. The molecule has 0 saturated carbocycles. The molecule has 2 heterocycles. The molecule has 0 unspecified atom stereocenters.